The zero-order valence-corrected chi connectivity index (χ0v) is 16.9. The molecule has 0 saturated heterocycles. The second-order valence-corrected chi connectivity index (χ2v) is 7.13. The van der Waals surface area contributed by atoms with Crippen LogP contribution in [0, 0.1) is 6.92 Å². The van der Waals surface area contributed by atoms with Gasteiger partial charge in [-0.05, 0) is 50.2 Å². The number of halogens is 1. The van der Waals surface area contributed by atoms with Crippen LogP contribution in [-0.4, -0.2) is 19.1 Å². The Morgan fingerprint density at radius 3 is 2.59 bits per heavy atom. The Bertz CT molecular complexity index is 717. The molecule has 0 radical (unpaired) electrons. The van der Waals surface area contributed by atoms with Crippen molar-refractivity contribution < 1.29 is 9.53 Å². The van der Waals surface area contributed by atoms with E-state index < -0.39 is 0 Å². The van der Waals surface area contributed by atoms with Crippen molar-refractivity contribution in [2.45, 2.75) is 46.1 Å². The van der Waals surface area contributed by atoms with Gasteiger partial charge in [-0.3, -0.25) is 4.79 Å². The van der Waals surface area contributed by atoms with Crippen LogP contribution in [0.1, 0.15) is 43.7 Å². The highest BCUT2D eigenvalue weighted by Gasteiger charge is 2.08. The Kier molecular flexibility index (Phi) is 9.16. The van der Waals surface area contributed by atoms with Crippen molar-refractivity contribution in [2.75, 3.05) is 18.5 Å². The number of carbonyl (C=O) groups is 1. The van der Waals surface area contributed by atoms with E-state index in [1.807, 2.05) is 43.3 Å². The van der Waals surface area contributed by atoms with E-state index in [1.54, 1.807) is 6.07 Å². The van der Waals surface area contributed by atoms with Crippen LogP contribution in [0.2, 0.25) is 5.02 Å². The van der Waals surface area contributed by atoms with Crippen molar-refractivity contribution in [1.29, 1.82) is 0 Å². The van der Waals surface area contributed by atoms with Gasteiger partial charge >= 0.3 is 0 Å². The summed E-state index contributed by atoms with van der Waals surface area (Å²) in [6.45, 7) is 5.80. The molecule has 0 fully saturated rings. The van der Waals surface area contributed by atoms with Crippen molar-refractivity contribution in [3.63, 3.8) is 0 Å². The summed E-state index contributed by atoms with van der Waals surface area (Å²) in [6.07, 6.45) is 4.89. The SMILES string of the molecule is CCCCCCNCc1cc(Cl)ccc1OCC(=O)Nc1ccc(C)cc1. The molecule has 0 aliphatic rings. The fourth-order valence-electron chi connectivity index (χ4n) is 2.70. The number of nitrogens with one attached hydrogen (secondary N) is 2. The Hall–Kier alpha value is -2.04. The first kappa shape index (κ1) is 21.3. The average molecular weight is 389 g/mol. The van der Waals surface area contributed by atoms with Gasteiger partial charge in [-0.25, -0.2) is 0 Å². The molecule has 27 heavy (non-hydrogen) atoms. The zero-order valence-electron chi connectivity index (χ0n) is 16.2. The number of hydrogen-bond acceptors (Lipinski definition) is 3. The number of carbonyl (C=O) groups excluding carboxylic acids is 1. The smallest absolute Gasteiger partial charge is 0.262 e. The quantitative estimate of drug-likeness (QED) is 0.511. The van der Waals surface area contributed by atoms with Gasteiger partial charge in [-0.15, -0.1) is 0 Å². The third-order valence-electron chi connectivity index (χ3n) is 4.24. The van der Waals surface area contributed by atoms with Crippen LogP contribution in [0.15, 0.2) is 42.5 Å². The van der Waals surface area contributed by atoms with Crippen LogP contribution in [0.3, 0.4) is 0 Å². The lowest BCUT2D eigenvalue weighted by Crippen LogP contribution is -2.21. The highest BCUT2D eigenvalue weighted by atomic mass is 35.5. The molecule has 0 spiro atoms. The maximum atomic E-state index is 12.1. The topological polar surface area (TPSA) is 50.4 Å². The molecule has 2 rings (SSSR count). The molecule has 2 aromatic carbocycles. The fraction of sp³-hybridized carbons (Fsp3) is 0.409. The summed E-state index contributed by atoms with van der Waals surface area (Å²) in [7, 11) is 0. The van der Waals surface area contributed by atoms with Gasteiger partial charge in [-0.2, -0.15) is 0 Å². The van der Waals surface area contributed by atoms with Gasteiger partial charge in [0.25, 0.3) is 5.91 Å². The third-order valence-corrected chi connectivity index (χ3v) is 4.47. The molecule has 0 heterocycles. The standard InChI is InChI=1S/C22H29ClN2O2/c1-3-4-5-6-13-24-15-18-14-19(23)9-12-21(18)27-16-22(26)25-20-10-7-17(2)8-11-20/h7-12,14,24H,3-6,13,15-16H2,1-2H3,(H,25,26). The molecule has 0 aliphatic heterocycles. The second-order valence-electron chi connectivity index (χ2n) is 6.69. The molecule has 0 aromatic heterocycles. The van der Waals surface area contributed by atoms with Gasteiger partial charge < -0.3 is 15.4 Å². The lowest BCUT2D eigenvalue weighted by atomic mass is 10.2. The minimum Gasteiger partial charge on any atom is -0.483 e. The van der Waals surface area contributed by atoms with Crippen LogP contribution in [-0.2, 0) is 11.3 Å². The number of hydrogen-bond donors (Lipinski definition) is 2. The van der Waals surface area contributed by atoms with Crippen molar-refractivity contribution in [2.24, 2.45) is 0 Å². The maximum Gasteiger partial charge on any atom is 0.262 e. The van der Waals surface area contributed by atoms with E-state index in [2.05, 4.69) is 17.6 Å². The largest absolute Gasteiger partial charge is 0.483 e. The summed E-state index contributed by atoms with van der Waals surface area (Å²) in [5, 5.41) is 6.92. The molecule has 0 bridgehead atoms. The summed E-state index contributed by atoms with van der Waals surface area (Å²) >= 11 is 6.12. The highest BCUT2D eigenvalue weighted by molar-refractivity contribution is 6.30. The molecular formula is C22H29ClN2O2. The van der Waals surface area contributed by atoms with Crippen LogP contribution >= 0.6 is 11.6 Å². The summed E-state index contributed by atoms with van der Waals surface area (Å²) < 4.78 is 5.73. The second kappa shape index (κ2) is 11.6. The highest BCUT2D eigenvalue weighted by Crippen LogP contribution is 2.23. The van der Waals surface area contributed by atoms with Gasteiger partial charge in [0, 0.05) is 22.8 Å². The predicted molar refractivity (Wildman–Crippen MR) is 113 cm³/mol. The average Bonchev–Trinajstić information content (AvgIpc) is 2.65. The summed E-state index contributed by atoms with van der Waals surface area (Å²) in [5.41, 5.74) is 2.87. The molecule has 5 heteroatoms. The normalized spacial score (nSPS) is 10.6. The number of ether oxygens (including phenoxy) is 1. The molecule has 2 aromatic rings. The first-order valence-electron chi connectivity index (χ1n) is 9.57. The zero-order chi connectivity index (χ0) is 19.5. The molecule has 0 aliphatic carbocycles. The van der Waals surface area contributed by atoms with Gasteiger partial charge in [0.1, 0.15) is 5.75 Å². The fourth-order valence-corrected chi connectivity index (χ4v) is 2.90. The van der Waals surface area contributed by atoms with E-state index in [1.165, 1.54) is 19.3 Å². The van der Waals surface area contributed by atoms with Crippen molar-refractivity contribution in [3.05, 3.63) is 58.6 Å². The minimum absolute atomic E-state index is 0.0426. The lowest BCUT2D eigenvalue weighted by molar-refractivity contribution is -0.118. The molecule has 0 unspecified atom stereocenters. The van der Waals surface area contributed by atoms with E-state index in [4.69, 9.17) is 16.3 Å². The van der Waals surface area contributed by atoms with E-state index in [0.717, 1.165) is 29.8 Å². The monoisotopic (exact) mass is 388 g/mol. The van der Waals surface area contributed by atoms with E-state index >= 15 is 0 Å². The molecule has 0 atom stereocenters. The van der Waals surface area contributed by atoms with Crippen LogP contribution in [0.4, 0.5) is 5.69 Å². The molecule has 0 saturated carbocycles. The van der Waals surface area contributed by atoms with Gasteiger partial charge in [-0.1, -0.05) is 55.5 Å². The molecular weight excluding hydrogens is 360 g/mol. The molecule has 2 N–H and O–H groups in total. The van der Waals surface area contributed by atoms with E-state index in [-0.39, 0.29) is 12.5 Å². The van der Waals surface area contributed by atoms with Crippen LogP contribution < -0.4 is 15.4 Å². The van der Waals surface area contributed by atoms with Gasteiger partial charge in [0.05, 0.1) is 0 Å². The van der Waals surface area contributed by atoms with Gasteiger partial charge in [0.15, 0.2) is 6.61 Å². The summed E-state index contributed by atoms with van der Waals surface area (Å²) in [5.74, 6) is 0.492. The number of benzene rings is 2. The van der Waals surface area contributed by atoms with Crippen LogP contribution in [0.25, 0.3) is 0 Å². The Balaban J connectivity index is 1.83. The number of aryl methyl sites for hydroxylation is 1. The molecule has 1 amide bonds. The van der Waals surface area contributed by atoms with Crippen molar-refractivity contribution in [1.82, 2.24) is 5.32 Å². The first-order chi connectivity index (χ1) is 13.1. The maximum absolute atomic E-state index is 12.1. The summed E-state index contributed by atoms with van der Waals surface area (Å²) in [4.78, 5) is 12.1. The molecule has 4 nitrogen and oxygen atoms in total. The Labute approximate surface area is 167 Å². The van der Waals surface area contributed by atoms with Gasteiger partial charge in [0.2, 0.25) is 0 Å². The third kappa shape index (κ3) is 8.02. The number of unbranched alkanes of at least 4 members (excludes halogenated alkanes) is 3. The number of rotatable bonds is 11. The van der Waals surface area contributed by atoms with Crippen molar-refractivity contribution in [3.8, 4) is 5.75 Å². The van der Waals surface area contributed by atoms with Crippen LogP contribution in [0.5, 0.6) is 5.75 Å². The predicted octanol–water partition coefficient (Wildman–Crippen LogP) is 5.34. The molecule has 146 valence electrons. The number of anilines is 1. The number of amides is 1. The van der Waals surface area contributed by atoms with Crippen molar-refractivity contribution >= 4 is 23.2 Å². The Morgan fingerprint density at radius 1 is 1.07 bits per heavy atom. The lowest BCUT2D eigenvalue weighted by Gasteiger charge is -2.13. The van der Waals surface area contributed by atoms with E-state index in [0.29, 0.717) is 17.3 Å². The Morgan fingerprint density at radius 2 is 1.85 bits per heavy atom. The van der Waals surface area contributed by atoms with E-state index in [9.17, 15) is 4.79 Å². The minimum atomic E-state index is -0.188. The summed E-state index contributed by atoms with van der Waals surface area (Å²) in [6, 6.07) is 13.1. The first-order valence-corrected chi connectivity index (χ1v) is 9.94.